The molecule has 0 bridgehead atoms. The standard InChI is InChI=1S/C19H18N6O.2ClH.2H2O.Sn/c1-12-10-17(23-22-12)21-18-15-4-2-3-5-16(15)19(26)25(24-18)11-13-6-8-14(20)9-7-13;;;;;/h2-10H,11,20H2,1H3,(H2,21,22,23,24);2*1H;2*1H2;/q;;;;;+2/p-2. The Morgan fingerprint density at radius 3 is 2.29 bits per heavy atom. The van der Waals surface area contributed by atoms with Crippen LogP contribution in [0, 0.1) is 6.92 Å². The molecule has 0 atom stereocenters. The van der Waals surface area contributed by atoms with Crippen LogP contribution in [0.4, 0.5) is 17.3 Å². The van der Waals surface area contributed by atoms with Gasteiger partial charge in [0.05, 0.1) is 11.9 Å². The topological polar surface area (TPSA) is 165 Å². The van der Waals surface area contributed by atoms with E-state index in [1.807, 2.05) is 55.5 Å². The quantitative estimate of drug-likeness (QED) is 0.252. The summed E-state index contributed by atoms with van der Waals surface area (Å²) in [6.45, 7) is 2.28. The molecule has 0 aliphatic carbocycles. The number of nitrogens with one attached hydrogen (secondary N) is 2. The molecule has 0 aliphatic heterocycles. The van der Waals surface area contributed by atoms with E-state index in [-0.39, 0.29) is 16.5 Å². The van der Waals surface area contributed by atoms with Crippen LogP contribution in [0.3, 0.4) is 0 Å². The normalized spacial score (nSPS) is 9.77. The molecule has 2 aromatic heterocycles. The summed E-state index contributed by atoms with van der Waals surface area (Å²) in [7, 11) is 9.87. The van der Waals surface area contributed by atoms with Crippen molar-refractivity contribution < 1.29 is 11.0 Å². The van der Waals surface area contributed by atoms with Crippen molar-refractivity contribution in [1.29, 1.82) is 0 Å². The molecule has 12 heteroatoms. The van der Waals surface area contributed by atoms with Crippen LogP contribution in [0.25, 0.3) is 10.8 Å². The third-order valence-electron chi connectivity index (χ3n) is 4.13. The molecular formula is C19H22Cl2N6O3Sn. The molecule has 2 heterocycles. The summed E-state index contributed by atoms with van der Waals surface area (Å²) in [4.78, 5) is 12.8. The first-order valence-corrected chi connectivity index (χ1v) is 15.8. The van der Waals surface area contributed by atoms with Gasteiger partial charge in [-0.1, -0.05) is 30.3 Å². The summed E-state index contributed by atoms with van der Waals surface area (Å²) < 4.78 is 1.45. The van der Waals surface area contributed by atoms with Gasteiger partial charge in [-0.05, 0) is 30.7 Å². The van der Waals surface area contributed by atoms with Gasteiger partial charge in [-0.2, -0.15) is 10.2 Å². The molecule has 164 valence electrons. The third-order valence-corrected chi connectivity index (χ3v) is 4.13. The Kier molecular flexibility index (Phi) is 10.8. The number of H-pyrrole nitrogens is 1. The number of nitrogen functional groups attached to an aromatic ring is 1. The second-order valence-electron chi connectivity index (χ2n) is 6.23. The zero-order valence-electron chi connectivity index (χ0n) is 16.5. The predicted molar refractivity (Wildman–Crippen MR) is 127 cm³/mol. The Balaban J connectivity index is 0.000000910. The average molecular weight is 572 g/mol. The van der Waals surface area contributed by atoms with Gasteiger partial charge in [0.2, 0.25) is 0 Å². The van der Waals surface area contributed by atoms with Gasteiger partial charge < -0.3 is 22.0 Å². The van der Waals surface area contributed by atoms with Gasteiger partial charge in [0.1, 0.15) is 0 Å². The van der Waals surface area contributed by atoms with Crippen molar-refractivity contribution in [3.63, 3.8) is 0 Å². The van der Waals surface area contributed by atoms with E-state index in [1.165, 1.54) is 4.68 Å². The molecule has 0 fully saturated rings. The van der Waals surface area contributed by atoms with Crippen molar-refractivity contribution in [1.82, 2.24) is 20.0 Å². The number of aryl methyl sites for hydroxylation is 1. The van der Waals surface area contributed by atoms with Crippen LogP contribution in [0.15, 0.2) is 59.4 Å². The van der Waals surface area contributed by atoms with Gasteiger partial charge in [0.25, 0.3) is 5.56 Å². The first kappa shape index (κ1) is 26.7. The number of benzene rings is 2. The molecule has 0 saturated heterocycles. The zero-order valence-corrected chi connectivity index (χ0v) is 20.9. The van der Waals surface area contributed by atoms with Crippen LogP contribution in [-0.2, 0) is 6.54 Å². The molecule has 0 spiro atoms. The summed E-state index contributed by atoms with van der Waals surface area (Å²) >= 11 is -0.826. The molecule has 31 heavy (non-hydrogen) atoms. The van der Waals surface area contributed by atoms with Gasteiger partial charge >= 0.3 is 36.7 Å². The number of rotatable bonds is 4. The number of nitrogens with two attached hydrogens (primary N) is 1. The molecular weight excluding hydrogens is 550 g/mol. The van der Waals surface area contributed by atoms with Gasteiger partial charge in [-0.15, -0.1) is 0 Å². The van der Waals surface area contributed by atoms with Crippen molar-refractivity contribution in [2.24, 2.45) is 0 Å². The van der Waals surface area contributed by atoms with E-state index in [0.29, 0.717) is 29.3 Å². The number of fused-ring (bicyclic) bond motifs is 1. The van der Waals surface area contributed by atoms with E-state index >= 15 is 0 Å². The van der Waals surface area contributed by atoms with Crippen molar-refractivity contribution in [2.45, 2.75) is 13.5 Å². The molecule has 0 unspecified atom stereocenters. The Morgan fingerprint density at radius 2 is 1.71 bits per heavy atom. The summed E-state index contributed by atoms with van der Waals surface area (Å²) in [6, 6.07) is 16.7. The monoisotopic (exact) mass is 572 g/mol. The zero-order chi connectivity index (χ0) is 20.8. The van der Waals surface area contributed by atoms with Crippen LogP contribution < -0.4 is 16.6 Å². The Hall–Kier alpha value is -2.31. The fourth-order valence-corrected chi connectivity index (χ4v) is 2.83. The van der Waals surface area contributed by atoms with Crippen LogP contribution in [0.1, 0.15) is 11.3 Å². The summed E-state index contributed by atoms with van der Waals surface area (Å²) in [5, 5.41) is 16.2. The molecule has 0 saturated carbocycles. The first-order valence-electron chi connectivity index (χ1n) is 8.61. The molecule has 8 N–H and O–H groups in total. The van der Waals surface area contributed by atoms with Crippen LogP contribution in [0.5, 0.6) is 0 Å². The number of anilines is 3. The van der Waals surface area contributed by atoms with Crippen molar-refractivity contribution in [3.05, 3.63) is 76.2 Å². The Morgan fingerprint density at radius 1 is 1.10 bits per heavy atom. The molecule has 9 nitrogen and oxygen atoms in total. The van der Waals surface area contributed by atoms with E-state index in [4.69, 9.17) is 23.6 Å². The van der Waals surface area contributed by atoms with Crippen LogP contribution in [-0.4, -0.2) is 49.8 Å². The maximum absolute atomic E-state index is 12.8. The number of nitrogens with zero attached hydrogens (tertiary/aromatic N) is 3. The first-order chi connectivity index (χ1) is 14.0. The number of aromatic nitrogens is 4. The van der Waals surface area contributed by atoms with Gasteiger partial charge in [-0.25, -0.2) is 4.68 Å². The third kappa shape index (κ3) is 6.84. The molecule has 4 aromatic rings. The number of aromatic amines is 1. The maximum atomic E-state index is 12.8. The summed E-state index contributed by atoms with van der Waals surface area (Å²) in [6.07, 6.45) is 0. The number of hydrogen-bond donors (Lipinski definition) is 3. The average Bonchev–Trinajstić information content (AvgIpc) is 3.12. The fourth-order valence-electron chi connectivity index (χ4n) is 2.83. The van der Waals surface area contributed by atoms with E-state index in [0.717, 1.165) is 16.6 Å². The Bertz CT molecular complexity index is 1170. The van der Waals surface area contributed by atoms with Gasteiger partial charge in [0, 0.05) is 22.8 Å². The number of hydrogen-bond acceptors (Lipinski definition) is 5. The molecule has 4 rings (SSSR count). The number of halogens is 2. The predicted octanol–water partition coefficient (Wildman–Crippen LogP) is 2.15. The minimum absolute atomic E-state index is 0. The van der Waals surface area contributed by atoms with E-state index in [9.17, 15) is 4.79 Å². The van der Waals surface area contributed by atoms with Crippen LogP contribution >= 0.6 is 17.8 Å². The second kappa shape index (κ2) is 12.5. The Labute approximate surface area is 195 Å². The van der Waals surface area contributed by atoms with Crippen molar-refractivity contribution in [2.75, 3.05) is 11.1 Å². The SMILES string of the molecule is Cc1cc(Nc2nn(Cc3ccc(N)cc3)c(=O)c3ccccc23)n[nH]1.O.O.[Cl][Sn][Cl]. The minimum atomic E-state index is -0.826. The summed E-state index contributed by atoms with van der Waals surface area (Å²) in [5.41, 5.74) is 8.17. The van der Waals surface area contributed by atoms with E-state index in [2.05, 4.69) is 20.6 Å². The molecule has 2 radical (unpaired) electrons. The summed E-state index contributed by atoms with van der Waals surface area (Å²) in [5.74, 6) is 1.24. The van der Waals surface area contributed by atoms with E-state index in [1.54, 1.807) is 6.07 Å². The van der Waals surface area contributed by atoms with Crippen molar-refractivity contribution in [3.8, 4) is 0 Å². The molecule has 0 aliphatic rings. The van der Waals surface area contributed by atoms with E-state index < -0.39 is 18.9 Å². The fraction of sp³-hybridized carbons (Fsp3) is 0.105. The van der Waals surface area contributed by atoms with Crippen LogP contribution in [0.2, 0.25) is 0 Å². The van der Waals surface area contributed by atoms with Crippen molar-refractivity contribution >= 4 is 64.8 Å². The molecule has 2 aromatic carbocycles. The second-order valence-corrected chi connectivity index (χ2v) is 10.5. The van der Waals surface area contributed by atoms with Gasteiger partial charge in [-0.3, -0.25) is 9.89 Å². The van der Waals surface area contributed by atoms with Gasteiger partial charge in [0.15, 0.2) is 11.6 Å². The molecule has 0 amide bonds.